The molecule has 4 aliphatic carbocycles. The van der Waals surface area contributed by atoms with Crippen LogP contribution in [0.5, 0.6) is 0 Å². The molecular formula is C28H29NO3. The predicted octanol–water partition coefficient (Wildman–Crippen LogP) is 5.39. The number of carboxylic acid groups (broad SMARTS) is 1. The molecule has 5 aliphatic rings. The van der Waals surface area contributed by atoms with Gasteiger partial charge in [0.05, 0.1) is 5.56 Å². The standard InChI is InChI=1S/C28H29NO3/c30-26-22(15-17-29(26)20-6-2-1-3-7-20)25-24-14-13-21(23-8-4-5-16-28(23,24)25)18-9-11-19(12-10-18)27(31)32/h4-5,8-14,20,22,25H,1-3,6-7,15-17H2,(H,31,32)/t22-,25-,28?/m0/s1. The molecule has 1 unspecified atom stereocenters. The number of carbonyl (C=O) groups is 2. The molecule has 4 heteroatoms. The Labute approximate surface area is 189 Å². The first-order valence-corrected chi connectivity index (χ1v) is 12.1. The van der Waals surface area contributed by atoms with Gasteiger partial charge in [-0.25, -0.2) is 4.79 Å². The van der Waals surface area contributed by atoms with Gasteiger partial charge >= 0.3 is 5.97 Å². The van der Waals surface area contributed by atoms with Crippen molar-refractivity contribution in [3.63, 3.8) is 0 Å². The topological polar surface area (TPSA) is 57.6 Å². The van der Waals surface area contributed by atoms with E-state index < -0.39 is 5.97 Å². The van der Waals surface area contributed by atoms with Gasteiger partial charge in [-0.1, -0.05) is 67.3 Å². The minimum Gasteiger partial charge on any atom is -0.478 e. The molecule has 1 N–H and O–H groups in total. The minimum absolute atomic E-state index is 0.0484. The zero-order valence-corrected chi connectivity index (χ0v) is 18.3. The van der Waals surface area contributed by atoms with E-state index in [1.54, 1.807) is 12.1 Å². The van der Waals surface area contributed by atoms with E-state index in [0.29, 0.717) is 23.4 Å². The van der Waals surface area contributed by atoms with Crippen LogP contribution in [0.2, 0.25) is 0 Å². The Hall–Kier alpha value is -2.88. The zero-order valence-electron chi connectivity index (χ0n) is 18.3. The van der Waals surface area contributed by atoms with Crippen LogP contribution in [-0.4, -0.2) is 34.5 Å². The summed E-state index contributed by atoms with van der Waals surface area (Å²) in [5.74, 6) is -0.128. The van der Waals surface area contributed by atoms with E-state index in [-0.39, 0.29) is 11.3 Å². The summed E-state index contributed by atoms with van der Waals surface area (Å²) in [5.41, 5.74) is 5.17. The molecule has 3 atom stereocenters. The summed E-state index contributed by atoms with van der Waals surface area (Å²) in [6, 6.07) is 7.62. The average molecular weight is 428 g/mol. The fourth-order valence-electron chi connectivity index (χ4n) is 6.91. The number of aromatic carboxylic acids is 1. The molecule has 1 aromatic rings. The number of carbonyl (C=O) groups excluding carboxylic acids is 1. The second-order valence-electron chi connectivity index (χ2n) is 9.97. The summed E-state index contributed by atoms with van der Waals surface area (Å²) < 4.78 is 0. The maximum Gasteiger partial charge on any atom is 0.335 e. The largest absolute Gasteiger partial charge is 0.478 e. The lowest BCUT2D eigenvalue weighted by Gasteiger charge is -2.31. The van der Waals surface area contributed by atoms with Crippen molar-refractivity contribution in [3.8, 4) is 0 Å². The molecule has 1 aliphatic heterocycles. The number of hydrogen-bond donors (Lipinski definition) is 1. The smallest absolute Gasteiger partial charge is 0.335 e. The summed E-state index contributed by atoms with van der Waals surface area (Å²) in [5, 5.41) is 9.24. The highest BCUT2D eigenvalue weighted by atomic mass is 16.4. The fraction of sp³-hybridized carbons (Fsp3) is 0.429. The molecule has 4 nitrogen and oxygen atoms in total. The Morgan fingerprint density at radius 2 is 1.78 bits per heavy atom. The molecule has 0 bridgehead atoms. The average Bonchev–Trinajstić information content (AvgIpc) is 3.31. The summed E-state index contributed by atoms with van der Waals surface area (Å²) in [6.45, 7) is 0.917. The van der Waals surface area contributed by atoms with E-state index >= 15 is 0 Å². The van der Waals surface area contributed by atoms with Crippen LogP contribution in [0.1, 0.15) is 60.9 Å². The lowest BCUT2D eigenvalue weighted by molar-refractivity contribution is -0.134. The summed E-state index contributed by atoms with van der Waals surface area (Å²) >= 11 is 0. The molecule has 164 valence electrons. The van der Waals surface area contributed by atoms with Crippen molar-refractivity contribution in [2.45, 2.75) is 51.0 Å². The van der Waals surface area contributed by atoms with Gasteiger partial charge in [-0.15, -0.1) is 0 Å². The molecular weight excluding hydrogens is 398 g/mol. The van der Waals surface area contributed by atoms with E-state index in [1.165, 1.54) is 43.3 Å². The Morgan fingerprint density at radius 3 is 2.53 bits per heavy atom. The number of rotatable bonds is 4. The maximum atomic E-state index is 13.5. The lowest BCUT2D eigenvalue weighted by Crippen LogP contribution is -2.39. The van der Waals surface area contributed by atoms with Crippen LogP contribution in [0, 0.1) is 17.3 Å². The normalized spacial score (nSPS) is 31.4. The second-order valence-corrected chi connectivity index (χ2v) is 9.97. The van der Waals surface area contributed by atoms with E-state index in [9.17, 15) is 14.7 Å². The monoisotopic (exact) mass is 427 g/mol. The van der Waals surface area contributed by atoms with E-state index in [4.69, 9.17) is 0 Å². The highest BCUT2D eigenvalue weighted by molar-refractivity contribution is 5.92. The van der Waals surface area contributed by atoms with Crippen molar-refractivity contribution in [1.29, 1.82) is 0 Å². The van der Waals surface area contributed by atoms with E-state index in [1.807, 2.05) is 12.1 Å². The van der Waals surface area contributed by atoms with Crippen LogP contribution in [0.3, 0.4) is 0 Å². The van der Waals surface area contributed by atoms with Gasteiger partial charge < -0.3 is 10.0 Å². The van der Waals surface area contributed by atoms with Crippen molar-refractivity contribution >= 4 is 17.4 Å². The molecule has 1 spiro atoms. The number of benzene rings is 1. The van der Waals surface area contributed by atoms with Crippen LogP contribution >= 0.6 is 0 Å². The number of likely N-dealkylation sites (tertiary alicyclic amines) is 1. The maximum absolute atomic E-state index is 13.5. The van der Waals surface area contributed by atoms with Crippen molar-refractivity contribution < 1.29 is 14.7 Å². The predicted molar refractivity (Wildman–Crippen MR) is 124 cm³/mol. The minimum atomic E-state index is -0.905. The number of amides is 1. The lowest BCUT2D eigenvalue weighted by atomic mass is 9.75. The molecule has 32 heavy (non-hydrogen) atoms. The van der Waals surface area contributed by atoms with E-state index in [2.05, 4.69) is 35.3 Å². The third-order valence-corrected chi connectivity index (χ3v) is 8.48. The highest BCUT2D eigenvalue weighted by Gasteiger charge is 2.67. The van der Waals surface area contributed by atoms with Gasteiger partial charge in [0.25, 0.3) is 0 Å². The molecule has 1 aromatic carbocycles. The van der Waals surface area contributed by atoms with Crippen LogP contribution in [-0.2, 0) is 4.79 Å². The number of allylic oxidation sites excluding steroid dienone is 8. The molecule has 1 saturated heterocycles. The van der Waals surface area contributed by atoms with Gasteiger partial charge in [0, 0.05) is 29.8 Å². The van der Waals surface area contributed by atoms with E-state index in [0.717, 1.165) is 30.5 Å². The van der Waals surface area contributed by atoms with Crippen molar-refractivity contribution in [1.82, 2.24) is 4.90 Å². The third-order valence-electron chi connectivity index (χ3n) is 8.48. The second kappa shape index (κ2) is 7.33. The zero-order chi connectivity index (χ0) is 21.9. The Kier molecular flexibility index (Phi) is 4.53. The van der Waals surface area contributed by atoms with Gasteiger partial charge in [-0.3, -0.25) is 4.79 Å². The van der Waals surface area contributed by atoms with Crippen molar-refractivity contribution in [3.05, 3.63) is 76.9 Å². The molecule has 3 fully saturated rings. The molecule has 6 rings (SSSR count). The molecule has 0 radical (unpaired) electrons. The molecule has 1 heterocycles. The highest BCUT2D eigenvalue weighted by Crippen LogP contribution is 2.73. The Bertz CT molecular complexity index is 1100. The van der Waals surface area contributed by atoms with Gasteiger partial charge in [-0.2, -0.15) is 0 Å². The van der Waals surface area contributed by atoms with Gasteiger partial charge in [0.2, 0.25) is 5.91 Å². The summed E-state index contributed by atoms with van der Waals surface area (Å²) in [6.07, 6.45) is 19.1. The first-order chi connectivity index (χ1) is 15.6. The Morgan fingerprint density at radius 1 is 1.00 bits per heavy atom. The Balaban J connectivity index is 1.28. The first-order valence-electron chi connectivity index (χ1n) is 12.1. The third kappa shape index (κ3) is 2.81. The van der Waals surface area contributed by atoms with Crippen LogP contribution < -0.4 is 0 Å². The first kappa shape index (κ1) is 19.8. The molecule has 1 amide bonds. The molecule has 2 saturated carbocycles. The van der Waals surface area contributed by atoms with Crippen LogP contribution in [0.15, 0.2) is 65.8 Å². The summed E-state index contributed by atoms with van der Waals surface area (Å²) in [4.78, 5) is 27.0. The van der Waals surface area contributed by atoms with Crippen molar-refractivity contribution in [2.75, 3.05) is 6.54 Å². The van der Waals surface area contributed by atoms with Crippen LogP contribution in [0.4, 0.5) is 0 Å². The van der Waals surface area contributed by atoms with Gasteiger partial charge in [0.1, 0.15) is 0 Å². The van der Waals surface area contributed by atoms with Gasteiger partial charge in [-0.05, 0) is 54.5 Å². The SMILES string of the molecule is O=C(O)c1ccc(C2=CC=C3[C@H]([C@@H]4CCN(C5CCCCC5)C4=O)C34CC=CC=C24)cc1. The quantitative estimate of drug-likeness (QED) is 0.701. The fourth-order valence-corrected chi connectivity index (χ4v) is 6.91. The number of carboxylic acids is 1. The number of nitrogens with zero attached hydrogens (tertiary/aromatic N) is 1. The van der Waals surface area contributed by atoms with Crippen LogP contribution in [0.25, 0.3) is 5.57 Å². The summed E-state index contributed by atoms with van der Waals surface area (Å²) in [7, 11) is 0. The number of hydrogen-bond acceptors (Lipinski definition) is 2. The van der Waals surface area contributed by atoms with Crippen molar-refractivity contribution in [2.24, 2.45) is 17.3 Å². The van der Waals surface area contributed by atoms with Gasteiger partial charge in [0.15, 0.2) is 0 Å². The molecule has 0 aromatic heterocycles.